The van der Waals surface area contributed by atoms with Gasteiger partial charge in [0.2, 0.25) is 10.0 Å². The van der Waals surface area contributed by atoms with E-state index in [-0.39, 0.29) is 29.9 Å². The molecule has 0 unspecified atom stereocenters. The van der Waals surface area contributed by atoms with E-state index in [1.807, 2.05) is 0 Å². The lowest BCUT2D eigenvalue weighted by atomic mass is 9.81. The van der Waals surface area contributed by atoms with Crippen molar-refractivity contribution < 1.29 is 23.1 Å². The molecule has 1 saturated heterocycles. The van der Waals surface area contributed by atoms with Crippen molar-refractivity contribution >= 4 is 22.0 Å². The van der Waals surface area contributed by atoms with E-state index in [2.05, 4.69) is 5.32 Å². The number of nitrogens with one attached hydrogen (secondary N) is 1. The lowest BCUT2D eigenvalue weighted by Gasteiger charge is -2.23. The van der Waals surface area contributed by atoms with Gasteiger partial charge in [-0.1, -0.05) is 18.6 Å². The highest BCUT2D eigenvalue weighted by Gasteiger charge is 2.55. The van der Waals surface area contributed by atoms with Gasteiger partial charge >= 0.3 is 12.0 Å². The maximum atomic E-state index is 12.4. The van der Waals surface area contributed by atoms with Crippen LogP contribution in [0.4, 0.5) is 4.79 Å². The number of carbonyl (C=O) groups is 2. The van der Waals surface area contributed by atoms with Crippen LogP contribution in [0, 0.1) is 11.3 Å². The standard InChI is InChI=1S/C16H21N3O5S/c17-25(23,24)13-5-1-3-11(7-13)8-18-15(22)19-9-12-4-2-6-16(12,10-19)14(20)21/h1,3,5,7,12H,2,4,6,8-10H2,(H,18,22)(H,20,21)(H2,17,23,24)/t12-,16+/m0/s1. The summed E-state index contributed by atoms with van der Waals surface area (Å²) in [6.07, 6.45) is 2.31. The summed E-state index contributed by atoms with van der Waals surface area (Å²) in [7, 11) is -3.80. The minimum absolute atomic E-state index is 0.00135. The van der Waals surface area contributed by atoms with Crippen LogP contribution in [-0.2, 0) is 21.4 Å². The molecule has 9 heteroatoms. The van der Waals surface area contributed by atoms with Crippen LogP contribution in [0.3, 0.4) is 0 Å². The van der Waals surface area contributed by atoms with E-state index in [1.54, 1.807) is 17.0 Å². The molecule has 0 bridgehead atoms. The van der Waals surface area contributed by atoms with E-state index < -0.39 is 21.4 Å². The first-order chi connectivity index (χ1) is 11.7. The second-order valence-electron chi connectivity index (χ2n) is 6.78. The Kier molecular flexibility index (Phi) is 4.46. The molecule has 1 saturated carbocycles. The van der Waals surface area contributed by atoms with Gasteiger partial charge in [0, 0.05) is 19.6 Å². The third kappa shape index (κ3) is 3.34. The number of urea groups is 1. The molecule has 1 heterocycles. The largest absolute Gasteiger partial charge is 0.481 e. The normalized spacial score (nSPS) is 25.6. The van der Waals surface area contributed by atoms with Gasteiger partial charge < -0.3 is 15.3 Å². The number of hydrogen-bond donors (Lipinski definition) is 3. The van der Waals surface area contributed by atoms with Gasteiger partial charge in [-0.25, -0.2) is 18.4 Å². The fourth-order valence-corrected chi connectivity index (χ4v) is 4.50. The Morgan fingerprint density at radius 1 is 1.40 bits per heavy atom. The summed E-state index contributed by atoms with van der Waals surface area (Å²) in [4.78, 5) is 25.6. The molecular formula is C16H21N3O5S. The molecule has 1 aliphatic heterocycles. The van der Waals surface area contributed by atoms with Crippen molar-refractivity contribution in [2.45, 2.75) is 30.7 Å². The predicted molar refractivity (Wildman–Crippen MR) is 89.0 cm³/mol. The number of benzene rings is 1. The molecular weight excluding hydrogens is 346 g/mol. The van der Waals surface area contributed by atoms with Crippen LogP contribution < -0.4 is 10.5 Å². The molecule has 136 valence electrons. The Balaban J connectivity index is 1.64. The van der Waals surface area contributed by atoms with E-state index in [4.69, 9.17) is 5.14 Å². The van der Waals surface area contributed by atoms with Crippen molar-refractivity contribution in [3.05, 3.63) is 29.8 Å². The highest BCUT2D eigenvalue weighted by atomic mass is 32.2. The van der Waals surface area contributed by atoms with Crippen molar-refractivity contribution in [3.8, 4) is 0 Å². The molecule has 3 rings (SSSR count). The SMILES string of the molecule is NS(=O)(=O)c1cccc(CNC(=O)N2C[C@@H]3CCC[C@@]3(C(=O)O)C2)c1. The van der Waals surface area contributed by atoms with Gasteiger partial charge in [-0.15, -0.1) is 0 Å². The van der Waals surface area contributed by atoms with Gasteiger partial charge in [-0.05, 0) is 36.5 Å². The van der Waals surface area contributed by atoms with Crippen LogP contribution in [0.15, 0.2) is 29.2 Å². The van der Waals surface area contributed by atoms with Gasteiger partial charge in [0.05, 0.1) is 10.3 Å². The monoisotopic (exact) mass is 367 g/mol. The smallest absolute Gasteiger partial charge is 0.317 e. The van der Waals surface area contributed by atoms with E-state index in [0.29, 0.717) is 18.5 Å². The Hall–Kier alpha value is -2.13. The number of carboxylic acid groups (broad SMARTS) is 1. The molecule has 2 fully saturated rings. The minimum Gasteiger partial charge on any atom is -0.481 e. The second-order valence-corrected chi connectivity index (χ2v) is 8.34. The quantitative estimate of drug-likeness (QED) is 0.722. The summed E-state index contributed by atoms with van der Waals surface area (Å²) in [5, 5.41) is 17.4. The van der Waals surface area contributed by atoms with Crippen molar-refractivity contribution in [1.82, 2.24) is 10.2 Å². The number of carbonyl (C=O) groups excluding carboxylic acids is 1. The first-order valence-electron chi connectivity index (χ1n) is 8.10. The zero-order valence-electron chi connectivity index (χ0n) is 13.6. The Morgan fingerprint density at radius 3 is 2.80 bits per heavy atom. The zero-order valence-corrected chi connectivity index (χ0v) is 14.5. The maximum absolute atomic E-state index is 12.4. The summed E-state index contributed by atoms with van der Waals surface area (Å²) in [5.41, 5.74) is -0.211. The number of amides is 2. The van der Waals surface area contributed by atoms with Gasteiger partial charge in [-0.3, -0.25) is 4.79 Å². The minimum atomic E-state index is -3.80. The molecule has 4 N–H and O–H groups in total. The van der Waals surface area contributed by atoms with Crippen LogP contribution in [0.1, 0.15) is 24.8 Å². The molecule has 1 aromatic carbocycles. The fourth-order valence-electron chi connectivity index (χ4n) is 3.92. The van der Waals surface area contributed by atoms with Gasteiger partial charge in [0.15, 0.2) is 0 Å². The van der Waals surface area contributed by atoms with Gasteiger partial charge in [0.25, 0.3) is 0 Å². The van der Waals surface area contributed by atoms with Crippen molar-refractivity contribution in [2.75, 3.05) is 13.1 Å². The van der Waals surface area contributed by atoms with E-state index in [0.717, 1.165) is 12.8 Å². The van der Waals surface area contributed by atoms with Crippen LogP contribution >= 0.6 is 0 Å². The summed E-state index contributed by atoms with van der Waals surface area (Å²) in [6.45, 7) is 0.800. The molecule has 2 atom stereocenters. The average Bonchev–Trinajstić information content (AvgIpc) is 3.10. The number of likely N-dealkylation sites (tertiary alicyclic amines) is 1. The number of fused-ring (bicyclic) bond motifs is 1. The number of carboxylic acids is 1. The number of nitrogens with zero attached hydrogens (tertiary/aromatic N) is 1. The summed E-state index contributed by atoms with van der Waals surface area (Å²) >= 11 is 0. The molecule has 0 spiro atoms. The van der Waals surface area contributed by atoms with Crippen molar-refractivity contribution in [3.63, 3.8) is 0 Å². The summed E-state index contributed by atoms with van der Waals surface area (Å²) in [6, 6.07) is 5.70. The number of aliphatic carboxylic acids is 1. The van der Waals surface area contributed by atoms with E-state index in [1.165, 1.54) is 12.1 Å². The highest BCUT2D eigenvalue weighted by molar-refractivity contribution is 7.89. The van der Waals surface area contributed by atoms with Crippen molar-refractivity contribution in [1.29, 1.82) is 0 Å². The molecule has 25 heavy (non-hydrogen) atoms. The van der Waals surface area contributed by atoms with Crippen LogP contribution in [-0.4, -0.2) is 43.5 Å². The van der Waals surface area contributed by atoms with Crippen LogP contribution in [0.25, 0.3) is 0 Å². The average molecular weight is 367 g/mol. The summed E-state index contributed by atoms with van der Waals surface area (Å²) < 4.78 is 22.7. The van der Waals surface area contributed by atoms with Crippen LogP contribution in [0.5, 0.6) is 0 Å². The molecule has 1 aliphatic carbocycles. The highest BCUT2D eigenvalue weighted by Crippen LogP contribution is 2.48. The summed E-state index contributed by atoms with van der Waals surface area (Å²) in [5.74, 6) is -0.826. The third-order valence-corrected chi connectivity index (χ3v) is 6.17. The third-order valence-electron chi connectivity index (χ3n) is 5.25. The maximum Gasteiger partial charge on any atom is 0.317 e. The molecule has 8 nitrogen and oxygen atoms in total. The zero-order chi connectivity index (χ0) is 18.2. The van der Waals surface area contributed by atoms with Crippen molar-refractivity contribution in [2.24, 2.45) is 16.5 Å². The number of rotatable bonds is 4. The lowest BCUT2D eigenvalue weighted by Crippen LogP contribution is -2.41. The van der Waals surface area contributed by atoms with Gasteiger partial charge in [0.1, 0.15) is 0 Å². The fraction of sp³-hybridized carbons (Fsp3) is 0.500. The molecule has 2 aliphatic rings. The van der Waals surface area contributed by atoms with Gasteiger partial charge in [-0.2, -0.15) is 0 Å². The molecule has 1 aromatic rings. The molecule has 0 radical (unpaired) electrons. The number of sulfonamides is 1. The lowest BCUT2D eigenvalue weighted by molar-refractivity contribution is -0.149. The second kappa shape index (κ2) is 6.30. The molecule has 2 amide bonds. The first-order valence-corrected chi connectivity index (χ1v) is 9.65. The number of primary sulfonamides is 1. The van der Waals surface area contributed by atoms with E-state index >= 15 is 0 Å². The molecule has 0 aromatic heterocycles. The first kappa shape index (κ1) is 17.7. The Labute approximate surface area is 146 Å². The number of nitrogens with two attached hydrogens (primary N) is 1. The van der Waals surface area contributed by atoms with E-state index in [9.17, 15) is 23.1 Å². The number of hydrogen-bond acceptors (Lipinski definition) is 4. The Morgan fingerprint density at radius 2 is 2.16 bits per heavy atom. The topological polar surface area (TPSA) is 130 Å². The predicted octanol–water partition coefficient (Wildman–Crippen LogP) is 0.730. The van der Waals surface area contributed by atoms with Crippen LogP contribution in [0.2, 0.25) is 0 Å². The Bertz CT molecular complexity index is 810.